The summed E-state index contributed by atoms with van der Waals surface area (Å²) in [6.07, 6.45) is 1.39. The van der Waals surface area contributed by atoms with Crippen LogP contribution < -0.4 is 37.6 Å². The third-order valence-corrected chi connectivity index (χ3v) is 9.93. The van der Waals surface area contributed by atoms with Gasteiger partial charge in [0.1, 0.15) is 36.5 Å². The standard InChI is InChI=1S/C44H54N8O10/c1-25(2)38(52-42(60)35(21-37(55)56)48-39(57)31(45)18-27-12-6-4-7-13-27)44(62)51-36(24-54)43(61)50-34(20-29-22-46-32-17-11-10-16-30(29)32)41(59)49-33(40(58)47-26(3)23-53)19-28-14-8-5-9-15-28/h4-17,22-23,25-26,31,33-36,38,46,54H,18-21,24,45H2,1-3H3,(H,47,58)(H,48,57)(H,49,59)(H,50,61)(H,51,62)(H,52,60)(H,55,56)/t26-,31-,33-,34-,35-,36-,38-/m0/s1. The molecule has 11 N–H and O–H groups in total. The normalized spacial score (nSPS) is 14.5. The number of carbonyl (C=O) groups is 8. The van der Waals surface area contributed by atoms with Crippen molar-refractivity contribution in [3.05, 3.63) is 108 Å². The number of hydrogen-bond donors (Lipinski definition) is 10. The Kier molecular flexibility index (Phi) is 17.9. The Labute approximate surface area is 358 Å². The first-order chi connectivity index (χ1) is 29.6. The molecule has 0 radical (unpaired) electrons. The molecule has 18 nitrogen and oxygen atoms in total. The average molecular weight is 855 g/mol. The Hall–Kier alpha value is -6.92. The number of carboxylic acid groups (broad SMARTS) is 1. The van der Waals surface area contributed by atoms with Gasteiger partial charge in [0.2, 0.25) is 35.4 Å². The lowest BCUT2D eigenvalue weighted by molar-refractivity contribution is -0.141. The van der Waals surface area contributed by atoms with Gasteiger partial charge in [0.15, 0.2) is 0 Å². The van der Waals surface area contributed by atoms with E-state index in [0.29, 0.717) is 17.4 Å². The summed E-state index contributed by atoms with van der Waals surface area (Å²) in [5, 5.41) is 35.7. The molecule has 330 valence electrons. The van der Waals surface area contributed by atoms with Crippen LogP contribution in [0.5, 0.6) is 0 Å². The van der Waals surface area contributed by atoms with E-state index >= 15 is 0 Å². The topological polar surface area (TPSA) is 291 Å². The predicted molar refractivity (Wildman–Crippen MR) is 228 cm³/mol. The van der Waals surface area contributed by atoms with Crippen LogP contribution in [0.25, 0.3) is 10.9 Å². The molecule has 1 heterocycles. The number of aliphatic hydroxyl groups excluding tert-OH is 1. The highest BCUT2D eigenvalue weighted by Gasteiger charge is 2.35. The number of rotatable bonds is 23. The van der Waals surface area contributed by atoms with Crippen molar-refractivity contribution in [3.8, 4) is 0 Å². The molecule has 0 bridgehead atoms. The number of fused-ring (bicyclic) bond motifs is 1. The zero-order chi connectivity index (χ0) is 45.3. The number of H-pyrrole nitrogens is 1. The van der Waals surface area contributed by atoms with Crippen LogP contribution in [0.1, 0.15) is 43.9 Å². The highest BCUT2D eigenvalue weighted by atomic mass is 16.4. The quantitative estimate of drug-likeness (QED) is 0.0435. The van der Waals surface area contributed by atoms with E-state index in [1.54, 1.807) is 86.8 Å². The Bertz CT molecular complexity index is 2180. The van der Waals surface area contributed by atoms with E-state index in [1.165, 1.54) is 6.92 Å². The Balaban J connectivity index is 1.52. The summed E-state index contributed by atoms with van der Waals surface area (Å²) in [5.41, 5.74) is 8.86. The van der Waals surface area contributed by atoms with E-state index in [2.05, 4.69) is 36.9 Å². The molecule has 3 aromatic carbocycles. The number of amides is 6. The van der Waals surface area contributed by atoms with Gasteiger partial charge in [-0.3, -0.25) is 33.6 Å². The molecular weight excluding hydrogens is 801 g/mol. The number of aromatic amines is 1. The van der Waals surface area contributed by atoms with Crippen molar-refractivity contribution >= 4 is 58.6 Å². The second-order valence-corrected chi connectivity index (χ2v) is 15.2. The van der Waals surface area contributed by atoms with Crippen LogP contribution in [0.3, 0.4) is 0 Å². The minimum Gasteiger partial charge on any atom is -0.481 e. The van der Waals surface area contributed by atoms with Gasteiger partial charge in [-0.1, -0.05) is 92.7 Å². The summed E-state index contributed by atoms with van der Waals surface area (Å²) in [4.78, 5) is 108. The van der Waals surface area contributed by atoms with Crippen LogP contribution in [0.2, 0.25) is 0 Å². The van der Waals surface area contributed by atoms with Crippen molar-refractivity contribution in [1.29, 1.82) is 0 Å². The summed E-state index contributed by atoms with van der Waals surface area (Å²) in [6.45, 7) is 3.66. The zero-order valence-corrected chi connectivity index (χ0v) is 34.6. The second kappa shape index (κ2) is 23.2. The van der Waals surface area contributed by atoms with Crippen molar-refractivity contribution in [2.75, 3.05) is 6.61 Å². The first-order valence-electron chi connectivity index (χ1n) is 20.1. The molecule has 4 aromatic rings. The van der Waals surface area contributed by atoms with Gasteiger partial charge in [-0.2, -0.15) is 0 Å². The number of aliphatic carboxylic acids is 1. The largest absolute Gasteiger partial charge is 0.481 e. The van der Waals surface area contributed by atoms with Crippen molar-refractivity contribution < 1.29 is 48.6 Å². The molecule has 0 aliphatic rings. The lowest BCUT2D eigenvalue weighted by Gasteiger charge is -2.28. The monoisotopic (exact) mass is 854 g/mol. The first-order valence-corrected chi connectivity index (χ1v) is 20.1. The van der Waals surface area contributed by atoms with Crippen molar-refractivity contribution in [3.63, 3.8) is 0 Å². The van der Waals surface area contributed by atoms with Gasteiger partial charge in [0.25, 0.3) is 0 Å². The maximum Gasteiger partial charge on any atom is 0.305 e. The number of carboxylic acids is 1. The SMILES string of the molecule is CC(C)[C@H](NC(=O)[C@H](CC(=O)O)NC(=O)[C@@H](N)Cc1ccccc1)C(=O)N[C@@H](CO)C(=O)N[C@@H](Cc1c[nH]c2ccccc12)C(=O)N[C@@H](Cc1ccccc1)C(=O)N[C@@H](C)C=O. The smallest absolute Gasteiger partial charge is 0.305 e. The van der Waals surface area contributed by atoms with E-state index in [4.69, 9.17) is 5.73 Å². The fourth-order valence-electron chi connectivity index (χ4n) is 6.56. The molecule has 0 aliphatic carbocycles. The number of nitrogens with two attached hydrogens (primary N) is 1. The third-order valence-electron chi connectivity index (χ3n) is 9.93. The van der Waals surface area contributed by atoms with E-state index in [1.807, 2.05) is 18.2 Å². The first kappa shape index (κ1) is 47.8. The Morgan fingerprint density at radius 2 is 1.11 bits per heavy atom. The molecule has 0 unspecified atom stereocenters. The number of aldehydes is 1. The summed E-state index contributed by atoms with van der Waals surface area (Å²) in [6, 6.07) is 15.6. The lowest BCUT2D eigenvalue weighted by atomic mass is 10.0. The number of hydrogen-bond acceptors (Lipinski definition) is 10. The fraction of sp³-hybridized carbons (Fsp3) is 0.364. The molecule has 0 saturated heterocycles. The summed E-state index contributed by atoms with van der Waals surface area (Å²) in [5.74, 6) is -7.26. The van der Waals surface area contributed by atoms with Crippen LogP contribution in [-0.4, -0.2) is 112 Å². The molecule has 7 atom stereocenters. The summed E-state index contributed by atoms with van der Waals surface area (Å²) < 4.78 is 0. The molecule has 18 heteroatoms. The third kappa shape index (κ3) is 14.1. The molecule has 4 rings (SSSR count). The van der Waals surface area contributed by atoms with Crippen LogP contribution in [0.15, 0.2) is 91.1 Å². The number of para-hydroxylation sites is 1. The van der Waals surface area contributed by atoms with E-state index in [0.717, 1.165) is 16.5 Å². The van der Waals surface area contributed by atoms with Crippen LogP contribution in [0.4, 0.5) is 0 Å². The molecule has 1 aromatic heterocycles. The van der Waals surface area contributed by atoms with Crippen molar-refractivity contribution in [1.82, 2.24) is 36.9 Å². The Morgan fingerprint density at radius 3 is 1.69 bits per heavy atom. The minimum atomic E-state index is -1.67. The molecular formula is C44H54N8O10. The Morgan fingerprint density at radius 1 is 0.613 bits per heavy atom. The minimum absolute atomic E-state index is 0.0346. The van der Waals surface area contributed by atoms with Crippen LogP contribution in [0, 0.1) is 5.92 Å². The lowest BCUT2D eigenvalue weighted by Crippen LogP contribution is -2.61. The van der Waals surface area contributed by atoms with Crippen LogP contribution in [-0.2, 0) is 57.6 Å². The molecule has 0 aliphatic heterocycles. The highest BCUT2D eigenvalue weighted by Crippen LogP contribution is 2.20. The predicted octanol–water partition coefficient (Wildman–Crippen LogP) is -0.226. The summed E-state index contributed by atoms with van der Waals surface area (Å²) >= 11 is 0. The van der Waals surface area contributed by atoms with Crippen molar-refractivity contribution in [2.45, 2.75) is 88.7 Å². The maximum absolute atomic E-state index is 14.1. The highest BCUT2D eigenvalue weighted by molar-refractivity contribution is 5.98. The number of benzene rings is 3. The second-order valence-electron chi connectivity index (χ2n) is 15.2. The van der Waals surface area contributed by atoms with Gasteiger partial charge in [-0.05, 0) is 42.0 Å². The van der Waals surface area contributed by atoms with Gasteiger partial charge >= 0.3 is 5.97 Å². The molecule has 0 fully saturated rings. The van der Waals surface area contributed by atoms with Gasteiger partial charge in [-0.15, -0.1) is 0 Å². The number of nitrogens with one attached hydrogen (secondary N) is 7. The number of aromatic nitrogens is 1. The number of aliphatic hydroxyl groups is 1. The van der Waals surface area contributed by atoms with Crippen LogP contribution >= 0.6 is 0 Å². The van der Waals surface area contributed by atoms with Gasteiger partial charge in [0, 0.05) is 29.9 Å². The molecule has 0 saturated carbocycles. The molecule has 0 spiro atoms. The van der Waals surface area contributed by atoms with Crippen molar-refractivity contribution in [2.24, 2.45) is 11.7 Å². The van der Waals surface area contributed by atoms with E-state index < -0.39 is 103 Å². The molecule has 6 amide bonds. The zero-order valence-electron chi connectivity index (χ0n) is 34.6. The summed E-state index contributed by atoms with van der Waals surface area (Å²) in [7, 11) is 0. The van der Waals surface area contributed by atoms with E-state index in [-0.39, 0.29) is 19.3 Å². The van der Waals surface area contributed by atoms with E-state index in [9.17, 15) is 48.6 Å². The number of carbonyl (C=O) groups excluding carboxylic acids is 7. The maximum atomic E-state index is 14.1. The fourth-order valence-corrected chi connectivity index (χ4v) is 6.56. The van der Waals surface area contributed by atoms with Gasteiger partial charge in [-0.25, -0.2) is 0 Å². The average Bonchev–Trinajstić information content (AvgIpc) is 3.66. The van der Waals surface area contributed by atoms with Gasteiger partial charge < -0.3 is 57.6 Å². The molecule has 62 heavy (non-hydrogen) atoms. The van der Waals surface area contributed by atoms with Gasteiger partial charge in [0.05, 0.1) is 25.1 Å².